The third-order valence-electron chi connectivity index (χ3n) is 4.34. The van der Waals surface area contributed by atoms with E-state index < -0.39 is 0 Å². The van der Waals surface area contributed by atoms with Crippen molar-refractivity contribution in [1.29, 1.82) is 0 Å². The van der Waals surface area contributed by atoms with Gasteiger partial charge in [-0.25, -0.2) is 4.68 Å². The Bertz CT molecular complexity index is 981. The van der Waals surface area contributed by atoms with Crippen LogP contribution in [0.2, 0.25) is 0 Å². The van der Waals surface area contributed by atoms with Crippen LogP contribution >= 0.6 is 0 Å². The monoisotopic (exact) mass is 378 g/mol. The molecule has 0 saturated carbocycles. The van der Waals surface area contributed by atoms with Crippen LogP contribution in [0.1, 0.15) is 22.3 Å². The largest absolute Gasteiger partial charge is 0.494 e. The van der Waals surface area contributed by atoms with Crippen LogP contribution in [0.5, 0.6) is 5.75 Å². The van der Waals surface area contributed by atoms with E-state index in [1.54, 1.807) is 25.0 Å². The van der Waals surface area contributed by atoms with Crippen LogP contribution in [0, 0.1) is 0 Å². The van der Waals surface area contributed by atoms with Crippen LogP contribution in [0.3, 0.4) is 0 Å². The van der Waals surface area contributed by atoms with Gasteiger partial charge in [0.1, 0.15) is 11.4 Å². The molecule has 2 N–H and O–H groups in total. The van der Waals surface area contributed by atoms with Gasteiger partial charge in [-0.1, -0.05) is 30.3 Å². The van der Waals surface area contributed by atoms with Crippen molar-refractivity contribution in [2.24, 2.45) is 0 Å². The van der Waals surface area contributed by atoms with E-state index in [1.807, 2.05) is 48.5 Å². The van der Waals surface area contributed by atoms with Crippen molar-refractivity contribution in [3.63, 3.8) is 0 Å². The molecular weight excluding hydrogens is 356 g/mol. The van der Waals surface area contributed by atoms with Crippen LogP contribution in [0.15, 0.2) is 60.9 Å². The first kappa shape index (κ1) is 19.2. The molecule has 3 rings (SSSR count). The van der Waals surface area contributed by atoms with Crippen LogP contribution in [0.4, 0.5) is 5.69 Å². The molecule has 0 saturated heterocycles. The topological polar surface area (TPSA) is 85.3 Å². The molecule has 0 unspecified atom stereocenters. The van der Waals surface area contributed by atoms with E-state index in [1.165, 1.54) is 6.20 Å². The SMILES string of the molecule is CNC(=O)CCc1ccccc1NC(=O)c1cnn(-c2ccccc2OC)c1. The minimum Gasteiger partial charge on any atom is -0.494 e. The second kappa shape index (κ2) is 8.85. The van der Waals surface area contributed by atoms with Gasteiger partial charge in [0.2, 0.25) is 5.91 Å². The molecule has 0 aliphatic carbocycles. The number of para-hydroxylation sites is 3. The van der Waals surface area contributed by atoms with E-state index in [2.05, 4.69) is 15.7 Å². The molecule has 0 bridgehead atoms. The number of benzene rings is 2. The maximum atomic E-state index is 12.7. The predicted molar refractivity (Wildman–Crippen MR) is 107 cm³/mol. The van der Waals surface area contributed by atoms with Gasteiger partial charge in [0, 0.05) is 25.4 Å². The summed E-state index contributed by atoms with van der Waals surface area (Å²) in [5.41, 5.74) is 2.75. The summed E-state index contributed by atoms with van der Waals surface area (Å²) in [6.45, 7) is 0. The summed E-state index contributed by atoms with van der Waals surface area (Å²) in [5, 5.41) is 9.78. The maximum absolute atomic E-state index is 12.7. The lowest BCUT2D eigenvalue weighted by Gasteiger charge is -2.10. The van der Waals surface area contributed by atoms with E-state index in [0.717, 1.165) is 11.3 Å². The minimum absolute atomic E-state index is 0.0424. The normalized spacial score (nSPS) is 10.4. The summed E-state index contributed by atoms with van der Waals surface area (Å²) in [7, 11) is 3.20. The molecule has 0 aliphatic heterocycles. The molecule has 0 atom stereocenters. The first-order valence-corrected chi connectivity index (χ1v) is 8.90. The number of aryl methyl sites for hydroxylation is 1. The zero-order valence-electron chi connectivity index (χ0n) is 15.8. The highest BCUT2D eigenvalue weighted by atomic mass is 16.5. The van der Waals surface area contributed by atoms with Crippen molar-refractivity contribution in [1.82, 2.24) is 15.1 Å². The molecular formula is C21H22N4O3. The van der Waals surface area contributed by atoms with Gasteiger partial charge in [-0.2, -0.15) is 5.10 Å². The third kappa shape index (κ3) is 4.37. The average Bonchev–Trinajstić information content (AvgIpc) is 3.23. The summed E-state index contributed by atoms with van der Waals surface area (Å²) >= 11 is 0. The molecule has 28 heavy (non-hydrogen) atoms. The number of nitrogens with zero attached hydrogens (tertiary/aromatic N) is 2. The van der Waals surface area contributed by atoms with Crippen molar-refractivity contribution in [3.8, 4) is 11.4 Å². The fraction of sp³-hybridized carbons (Fsp3) is 0.190. The number of anilines is 1. The number of ether oxygens (including phenoxy) is 1. The summed E-state index contributed by atoms with van der Waals surface area (Å²) in [5.74, 6) is 0.352. The molecule has 3 aromatic rings. The van der Waals surface area contributed by atoms with Crippen molar-refractivity contribution >= 4 is 17.5 Å². The first-order valence-electron chi connectivity index (χ1n) is 8.90. The van der Waals surface area contributed by atoms with E-state index in [-0.39, 0.29) is 11.8 Å². The first-order chi connectivity index (χ1) is 13.6. The molecule has 1 aromatic heterocycles. The maximum Gasteiger partial charge on any atom is 0.258 e. The van der Waals surface area contributed by atoms with Gasteiger partial charge in [0.25, 0.3) is 5.91 Å². The summed E-state index contributed by atoms with van der Waals surface area (Å²) in [4.78, 5) is 24.2. The van der Waals surface area contributed by atoms with E-state index >= 15 is 0 Å². The smallest absolute Gasteiger partial charge is 0.258 e. The molecule has 0 fully saturated rings. The molecule has 144 valence electrons. The Morgan fingerprint density at radius 2 is 1.86 bits per heavy atom. The number of nitrogens with one attached hydrogen (secondary N) is 2. The molecule has 0 aliphatic rings. The lowest BCUT2D eigenvalue weighted by atomic mass is 10.1. The molecule has 1 heterocycles. The Morgan fingerprint density at radius 3 is 2.64 bits per heavy atom. The zero-order chi connectivity index (χ0) is 19.9. The third-order valence-corrected chi connectivity index (χ3v) is 4.34. The van der Waals surface area contributed by atoms with Crippen LogP contribution < -0.4 is 15.4 Å². The molecule has 2 amide bonds. The van der Waals surface area contributed by atoms with Gasteiger partial charge in [-0.15, -0.1) is 0 Å². The Labute approximate surface area is 163 Å². The van der Waals surface area contributed by atoms with Crippen molar-refractivity contribution in [2.75, 3.05) is 19.5 Å². The standard InChI is InChI=1S/C21H22N4O3/c1-22-20(26)12-11-15-7-3-4-8-17(15)24-21(27)16-13-23-25(14-16)18-9-5-6-10-19(18)28-2/h3-10,13-14H,11-12H2,1-2H3,(H,22,26)(H,24,27). The quantitative estimate of drug-likeness (QED) is 0.662. The Balaban J connectivity index is 1.76. The fourth-order valence-electron chi connectivity index (χ4n) is 2.82. The molecule has 2 aromatic carbocycles. The predicted octanol–water partition coefficient (Wildman–Crippen LogP) is 2.81. The second-order valence-corrected chi connectivity index (χ2v) is 6.13. The minimum atomic E-state index is -0.270. The van der Waals surface area contributed by atoms with Crippen LogP contribution in [-0.2, 0) is 11.2 Å². The molecule has 0 radical (unpaired) electrons. The van der Waals surface area contributed by atoms with Crippen LogP contribution in [0.25, 0.3) is 5.69 Å². The van der Waals surface area contributed by atoms with Gasteiger partial charge in [-0.05, 0) is 30.2 Å². The number of aromatic nitrogens is 2. The number of hydrogen-bond acceptors (Lipinski definition) is 4. The number of carbonyl (C=O) groups excluding carboxylic acids is 2. The summed E-state index contributed by atoms with van der Waals surface area (Å²) in [6, 6.07) is 14.9. The van der Waals surface area contributed by atoms with Crippen LogP contribution in [-0.4, -0.2) is 35.8 Å². The zero-order valence-corrected chi connectivity index (χ0v) is 15.8. The molecule has 7 nitrogen and oxygen atoms in total. The highest BCUT2D eigenvalue weighted by Crippen LogP contribution is 2.22. The molecule has 7 heteroatoms. The number of amides is 2. The van der Waals surface area contributed by atoms with Crippen molar-refractivity contribution in [3.05, 3.63) is 72.1 Å². The Kier molecular flexibility index (Phi) is 6.06. The highest BCUT2D eigenvalue weighted by molar-refractivity contribution is 6.04. The number of carbonyl (C=O) groups is 2. The van der Waals surface area contributed by atoms with E-state index in [4.69, 9.17) is 4.74 Å². The Hall–Kier alpha value is -3.61. The second-order valence-electron chi connectivity index (χ2n) is 6.13. The van der Waals surface area contributed by atoms with E-state index in [0.29, 0.717) is 29.8 Å². The summed E-state index contributed by atoms with van der Waals surface area (Å²) < 4.78 is 6.94. The van der Waals surface area contributed by atoms with Gasteiger partial charge >= 0.3 is 0 Å². The molecule has 0 spiro atoms. The lowest BCUT2D eigenvalue weighted by Crippen LogP contribution is -2.18. The highest BCUT2D eigenvalue weighted by Gasteiger charge is 2.14. The van der Waals surface area contributed by atoms with Crippen molar-refractivity contribution in [2.45, 2.75) is 12.8 Å². The van der Waals surface area contributed by atoms with Gasteiger partial charge < -0.3 is 15.4 Å². The number of rotatable bonds is 7. The Morgan fingerprint density at radius 1 is 1.11 bits per heavy atom. The summed E-state index contributed by atoms with van der Waals surface area (Å²) in [6.07, 6.45) is 4.06. The number of methoxy groups -OCH3 is 1. The lowest BCUT2D eigenvalue weighted by molar-refractivity contribution is -0.120. The van der Waals surface area contributed by atoms with Crippen molar-refractivity contribution < 1.29 is 14.3 Å². The van der Waals surface area contributed by atoms with E-state index in [9.17, 15) is 9.59 Å². The van der Waals surface area contributed by atoms with Gasteiger partial charge in [0.15, 0.2) is 0 Å². The number of hydrogen-bond donors (Lipinski definition) is 2. The average molecular weight is 378 g/mol. The fourth-order valence-corrected chi connectivity index (χ4v) is 2.82. The van der Waals surface area contributed by atoms with Gasteiger partial charge in [-0.3, -0.25) is 9.59 Å². The van der Waals surface area contributed by atoms with Gasteiger partial charge in [0.05, 0.1) is 18.9 Å².